The van der Waals surface area contributed by atoms with E-state index in [1.807, 2.05) is 48.5 Å². The minimum absolute atomic E-state index is 0.250. The van der Waals surface area contributed by atoms with Gasteiger partial charge in [-0.2, -0.15) is 0 Å². The number of carboxylic acids is 1. The number of carbonyl (C=O) groups is 1. The Labute approximate surface area is 168 Å². The Morgan fingerprint density at radius 2 is 1.69 bits per heavy atom. The predicted molar refractivity (Wildman–Crippen MR) is 115 cm³/mol. The summed E-state index contributed by atoms with van der Waals surface area (Å²) >= 11 is 0. The lowest BCUT2D eigenvalue weighted by molar-refractivity contribution is -0.130. The number of carboxylic acid groups (broad SMARTS) is 1. The van der Waals surface area contributed by atoms with Crippen LogP contribution in [-0.2, 0) is 17.9 Å². The van der Waals surface area contributed by atoms with Crippen LogP contribution in [-0.4, -0.2) is 21.0 Å². The molecule has 0 aliphatic heterocycles. The summed E-state index contributed by atoms with van der Waals surface area (Å²) in [6.45, 7) is 1.43. The zero-order chi connectivity index (χ0) is 20.1. The standard InChI is InChI=1S/C24H21N3O2/c28-24(29)22(18-9-5-2-6-10-18)13-19-15-26-23-21(19)12-11-20(27-23)16-25-14-17-7-3-1-4-8-17/h1-13,15,25H,14,16H2,(H,26,27)(H,28,29). The first kappa shape index (κ1) is 18.7. The minimum Gasteiger partial charge on any atom is -0.478 e. The van der Waals surface area contributed by atoms with Crippen molar-refractivity contribution >= 4 is 28.7 Å². The number of nitrogens with zero attached hydrogens (tertiary/aromatic N) is 1. The number of benzene rings is 2. The van der Waals surface area contributed by atoms with Crippen molar-refractivity contribution in [3.63, 3.8) is 0 Å². The normalized spacial score (nSPS) is 11.7. The molecule has 0 saturated carbocycles. The van der Waals surface area contributed by atoms with E-state index in [4.69, 9.17) is 0 Å². The van der Waals surface area contributed by atoms with Gasteiger partial charge in [0.05, 0.1) is 11.3 Å². The summed E-state index contributed by atoms with van der Waals surface area (Å²) < 4.78 is 0. The molecular formula is C24H21N3O2. The number of hydrogen-bond acceptors (Lipinski definition) is 3. The van der Waals surface area contributed by atoms with Crippen molar-refractivity contribution < 1.29 is 9.90 Å². The summed E-state index contributed by atoms with van der Waals surface area (Å²) in [5, 5.41) is 13.9. The summed E-state index contributed by atoms with van der Waals surface area (Å²) in [7, 11) is 0. The number of aromatic amines is 1. The first-order chi connectivity index (χ1) is 14.2. The number of H-pyrrole nitrogens is 1. The summed E-state index contributed by atoms with van der Waals surface area (Å²) in [6, 6.07) is 23.3. The molecule has 144 valence electrons. The Morgan fingerprint density at radius 1 is 0.966 bits per heavy atom. The lowest BCUT2D eigenvalue weighted by Gasteiger charge is -2.05. The third-order valence-electron chi connectivity index (χ3n) is 4.72. The van der Waals surface area contributed by atoms with Crippen LogP contribution in [0.25, 0.3) is 22.7 Å². The number of rotatable bonds is 7. The van der Waals surface area contributed by atoms with Crippen molar-refractivity contribution in [2.75, 3.05) is 0 Å². The van der Waals surface area contributed by atoms with Gasteiger partial charge in [-0.05, 0) is 29.3 Å². The highest BCUT2D eigenvalue weighted by molar-refractivity contribution is 6.21. The predicted octanol–water partition coefficient (Wildman–Crippen LogP) is 4.48. The van der Waals surface area contributed by atoms with Gasteiger partial charge in [0.15, 0.2) is 0 Å². The van der Waals surface area contributed by atoms with Gasteiger partial charge in [-0.1, -0.05) is 60.7 Å². The zero-order valence-corrected chi connectivity index (χ0v) is 15.8. The van der Waals surface area contributed by atoms with Crippen molar-refractivity contribution in [1.29, 1.82) is 0 Å². The van der Waals surface area contributed by atoms with Gasteiger partial charge in [0, 0.05) is 30.2 Å². The zero-order valence-electron chi connectivity index (χ0n) is 15.8. The SMILES string of the molecule is O=C(O)C(=Cc1c[nH]c2nc(CNCc3ccccc3)ccc12)c1ccccc1. The Balaban J connectivity index is 1.54. The third kappa shape index (κ3) is 4.42. The van der Waals surface area contributed by atoms with Crippen LogP contribution in [0.15, 0.2) is 79.0 Å². The van der Waals surface area contributed by atoms with E-state index in [9.17, 15) is 9.90 Å². The molecular weight excluding hydrogens is 362 g/mol. The summed E-state index contributed by atoms with van der Waals surface area (Å²) in [5.41, 5.74) is 4.62. The topological polar surface area (TPSA) is 78.0 Å². The van der Waals surface area contributed by atoms with Crippen molar-refractivity contribution in [3.8, 4) is 0 Å². The van der Waals surface area contributed by atoms with E-state index in [0.29, 0.717) is 12.1 Å². The van der Waals surface area contributed by atoms with Gasteiger partial charge in [0.25, 0.3) is 0 Å². The monoisotopic (exact) mass is 383 g/mol. The second-order valence-electron chi connectivity index (χ2n) is 6.76. The largest absolute Gasteiger partial charge is 0.478 e. The molecule has 0 saturated heterocycles. The second-order valence-corrected chi connectivity index (χ2v) is 6.76. The second kappa shape index (κ2) is 8.54. The molecule has 4 rings (SSSR count). The fraction of sp³-hybridized carbons (Fsp3) is 0.0833. The van der Waals surface area contributed by atoms with Gasteiger partial charge >= 0.3 is 5.97 Å². The van der Waals surface area contributed by atoms with Crippen molar-refractivity contribution in [2.24, 2.45) is 0 Å². The molecule has 5 nitrogen and oxygen atoms in total. The molecule has 5 heteroatoms. The molecule has 0 spiro atoms. The lowest BCUT2D eigenvalue weighted by atomic mass is 10.0. The summed E-state index contributed by atoms with van der Waals surface area (Å²) in [6.07, 6.45) is 3.48. The minimum atomic E-state index is -0.958. The van der Waals surface area contributed by atoms with E-state index in [1.54, 1.807) is 24.4 Å². The van der Waals surface area contributed by atoms with Gasteiger partial charge in [0.1, 0.15) is 5.65 Å². The molecule has 0 radical (unpaired) electrons. The first-order valence-electron chi connectivity index (χ1n) is 9.43. The average Bonchev–Trinajstić information content (AvgIpc) is 3.15. The van der Waals surface area contributed by atoms with Gasteiger partial charge in [-0.15, -0.1) is 0 Å². The first-order valence-corrected chi connectivity index (χ1v) is 9.43. The highest BCUT2D eigenvalue weighted by Gasteiger charge is 2.12. The van der Waals surface area contributed by atoms with E-state index in [0.717, 1.165) is 28.8 Å². The van der Waals surface area contributed by atoms with Gasteiger partial charge in [0.2, 0.25) is 0 Å². The van der Waals surface area contributed by atoms with Crippen LogP contribution in [0.1, 0.15) is 22.4 Å². The number of nitrogens with one attached hydrogen (secondary N) is 2. The quantitative estimate of drug-likeness (QED) is 0.411. The molecule has 4 aromatic rings. The Bertz CT molecular complexity index is 1150. The Morgan fingerprint density at radius 3 is 2.41 bits per heavy atom. The molecule has 0 unspecified atom stereocenters. The molecule has 2 aromatic carbocycles. The van der Waals surface area contributed by atoms with E-state index >= 15 is 0 Å². The highest BCUT2D eigenvalue weighted by Crippen LogP contribution is 2.24. The molecule has 0 fully saturated rings. The van der Waals surface area contributed by atoms with E-state index in [1.165, 1.54) is 5.56 Å². The molecule has 2 heterocycles. The average molecular weight is 383 g/mol. The molecule has 29 heavy (non-hydrogen) atoms. The Hall–Kier alpha value is -3.70. The van der Waals surface area contributed by atoms with Crippen molar-refractivity contribution in [1.82, 2.24) is 15.3 Å². The number of aliphatic carboxylic acids is 1. The van der Waals surface area contributed by atoms with E-state index < -0.39 is 5.97 Å². The van der Waals surface area contributed by atoms with Crippen LogP contribution in [0.2, 0.25) is 0 Å². The molecule has 0 amide bonds. The van der Waals surface area contributed by atoms with Crippen LogP contribution in [0.4, 0.5) is 0 Å². The fourth-order valence-electron chi connectivity index (χ4n) is 3.26. The molecule has 0 atom stereocenters. The number of pyridine rings is 1. The van der Waals surface area contributed by atoms with Crippen LogP contribution in [0.3, 0.4) is 0 Å². The molecule has 2 aromatic heterocycles. The van der Waals surface area contributed by atoms with Crippen LogP contribution < -0.4 is 5.32 Å². The number of fused-ring (bicyclic) bond motifs is 1. The Kier molecular flexibility index (Phi) is 5.49. The van der Waals surface area contributed by atoms with E-state index in [-0.39, 0.29) is 5.57 Å². The fourth-order valence-corrected chi connectivity index (χ4v) is 3.26. The van der Waals surface area contributed by atoms with E-state index in [2.05, 4.69) is 27.4 Å². The number of aromatic nitrogens is 2. The molecule has 0 aliphatic carbocycles. The lowest BCUT2D eigenvalue weighted by Crippen LogP contribution is -2.13. The van der Waals surface area contributed by atoms with Crippen LogP contribution in [0, 0.1) is 0 Å². The smallest absolute Gasteiger partial charge is 0.336 e. The molecule has 3 N–H and O–H groups in total. The molecule has 0 aliphatic rings. The van der Waals surface area contributed by atoms with Crippen molar-refractivity contribution in [2.45, 2.75) is 13.1 Å². The van der Waals surface area contributed by atoms with Crippen LogP contribution >= 0.6 is 0 Å². The van der Waals surface area contributed by atoms with Gasteiger partial charge in [-0.25, -0.2) is 9.78 Å². The molecule has 0 bridgehead atoms. The number of hydrogen-bond donors (Lipinski definition) is 3. The maximum atomic E-state index is 11.7. The van der Waals surface area contributed by atoms with Gasteiger partial charge < -0.3 is 15.4 Å². The highest BCUT2D eigenvalue weighted by atomic mass is 16.4. The summed E-state index contributed by atoms with van der Waals surface area (Å²) in [4.78, 5) is 19.6. The van der Waals surface area contributed by atoms with Crippen molar-refractivity contribution in [3.05, 3.63) is 101 Å². The maximum Gasteiger partial charge on any atom is 0.336 e. The van der Waals surface area contributed by atoms with Gasteiger partial charge in [-0.3, -0.25) is 0 Å². The summed E-state index contributed by atoms with van der Waals surface area (Å²) in [5.74, 6) is -0.958. The third-order valence-corrected chi connectivity index (χ3v) is 4.72. The maximum absolute atomic E-state index is 11.7. The van der Waals surface area contributed by atoms with Crippen LogP contribution in [0.5, 0.6) is 0 Å².